The van der Waals surface area contributed by atoms with Gasteiger partial charge in [0.25, 0.3) is 0 Å². The SMILES string of the molecule is CCOCOc1cc(OC)ccc1CN. The van der Waals surface area contributed by atoms with Crippen LogP contribution in [0, 0.1) is 0 Å². The van der Waals surface area contributed by atoms with Gasteiger partial charge in [0.15, 0.2) is 6.79 Å². The molecule has 1 aromatic rings. The van der Waals surface area contributed by atoms with Gasteiger partial charge >= 0.3 is 0 Å². The third-order valence-electron chi connectivity index (χ3n) is 2.00. The molecule has 84 valence electrons. The molecule has 0 aliphatic rings. The van der Waals surface area contributed by atoms with E-state index in [2.05, 4.69) is 0 Å². The highest BCUT2D eigenvalue weighted by Gasteiger charge is 2.04. The third-order valence-corrected chi connectivity index (χ3v) is 2.00. The van der Waals surface area contributed by atoms with E-state index in [-0.39, 0.29) is 6.79 Å². The molecule has 0 heterocycles. The molecule has 0 aliphatic heterocycles. The zero-order valence-corrected chi connectivity index (χ0v) is 9.16. The van der Waals surface area contributed by atoms with Crippen LogP contribution in [0.15, 0.2) is 18.2 Å². The van der Waals surface area contributed by atoms with Crippen LogP contribution in [0.4, 0.5) is 0 Å². The van der Waals surface area contributed by atoms with Gasteiger partial charge in [-0.2, -0.15) is 0 Å². The molecule has 1 rings (SSSR count). The Hall–Kier alpha value is -1.26. The number of benzene rings is 1. The molecule has 0 aromatic heterocycles. The zero-order chi connectivity index (χ0) is 11.1. The van der Waals surface area contributed by atoms with Gasteiger partial charge < -0.3 is 19.9 Å². The van der Waals surface area contributed by atoms with E-state index in [1.165, 1.54) is 0 Å². The van der Waals surface area contributed by atoms with Crippen LogP contribution in [0.2, 0.25) is 0 Å². The number of nitrogens with two attached hydrogens (primary N) is 1. The van der Waals surface area contributed by atoms with E-state index < -0.39 is 0 Å². The summed E-state index contributed by atoms with van der Waals surface area (Å²) < 4.78 is 15.6. The van der Waals surface area contributed by atoms with Gasteiger partial charge in [-0.05, 0) is 13.0 Å². The minimum atomic E-state index is 0.233. The Morgan fingerprint density at radius 2 is 2.13 bits per heavy atom. The van der Waals surface area contributed by atoms with Gasteiger partial charge in [0, 0.05) is 24.8 Å². The van der Waals surface area contributed by atoms with E-state index in [1.807, 2.05) is 19.1 Å². The normalized spacial score (nSPS) is 10.1. The average Bonchev–Trinajstić information content (AvgIpc) is 2.29. The van der Waals surface area contributed by atoms with Crippen molar-refractivity contribution < 1.29 is 14.2 Å². The fourth-order valence-electron chi connectivity index (χ4n) is 1.15. The molecule has 15 heavy (non-hydrogen) atoms. The minimum absolute atomic E-state index is 0.233. The fraction of sp³-hybridized carbons (Fsp3) is 0.455. The van der Waals surface area contributed by atoms with Crippen molar-refractivity contribution in [2.45, 2.75) is 13.5 Å². The second-order valence-electron chi connectivity index (χ2n) is 2.93. The lowest BCUT2D eigenvalue weighted by Crippen LogP contribution is -2.06. The first kappa shape index (κ1) is 11.8. The van der Waals surface area contributed by atoms with E-state index in [4.69, 9.17) is 19.9 Å². The Morgan fingerprint density at radius 3 is 2.73 bits per heavy atom. The maximum atomic E-state index is 5.58. The Bertz CT molecular complexity index is 302. The van der Waals surface area contributed by atoms with Crippen LogP contribution in [0.3, 0.4) is 0 Å². The summed E-state index contributed by atoms with van der Waals surface area (Å²) in [6.45, 7) is 3.21. The van der Waals surface area contributed by atoms with Crippen molar-refractivity contribution in [3.8, 4) is 11.5 Å². The van der Waals surface area contributed by atoms with Crippen LogP contribution >= 0.6 is 0 Å². The van der Waals surface area contributed by atoms with E-state index in [0.29, 0.717) is 18.9 Å². The average molecular weight is 211 g/mol. The van der Waals surface area contributed by atoms with Crippen molar-refractivity contribution in [1.82, 2.24) is 0 Å². The largest absolute Gasteiger partial charge is 0.497 e. The van der Waals surface area contributed by atoms with Crippen molar-refractivity contribution in [1.29, 1.82) is 0 Å². The molecular formula is C11H17NO3. The molecule has 0 unspecified atom stereocenters. The van der Waals surface area contributed by atoms with Crippen molar-refractivity contribution in [3.63, 3.8) is 0 Å². The first-order valence-electron chi connectivity index (χ1n) is 4.89. The summed E-state index contributed by atoms with van der Waals surface area (Å²) in [4.78, 5) is 0. The van der Waals surface area contributed by atoms with Crippen LogP contribution in [0.25, 0.3) is 0 Å². The quantitative estimate of drug-likeness (QED) is 0.572. The number of hydrogen-bond acceptors (Lipinski definition) is 4. The highest BCUT2D eigenvalue weighted by Crippen LogP contribution is 2.24. The topological polar surface area (TPSA) is 53.7 Å². The van der Waals surface area contributed by atoms with Gasteiger partial charge in [-0.25, -0.2) is 0 Å². The van der Waals surface area contributed by atoms with E-state index in [9.17, 15) is 0 Å². The second-order valence-corrected chi connectivity index (χ2v) is 2.93. The summed E-state index contributed by atoms with van der Waals surface area (Å²) in [6, 6.07) is 5.55. The maximum Gasteiger partial charge on any atom is 0.189 e. The molecule has 1 aromatic carbocycles. The molecule has 0 saturated carbocycles. The smallest absolute Gasteiger partial charge is 0.189 e. The molecule has 0 radical (unpaired) electrons. The molecular weight excluding hydrogens is 194 g/mol. The molecule has 0 atom stereocenters. The van der Waals surface area contributed by atoms with Crippen molar-refractivity contribution >= 4 is 0 Å². The Balaban J connectivity index is 2.72. The molecule has 4 heteroatoms. The minimum Gasteiger partial charge on any atom is -0.497 e. The lowest BCUT2D eigenvalue weighted by molar-refractivity contribution is 0.0217. The highest BCUT2D eigenvalue weighted by molar-refractivity contribution is 5.40. The standard InChI is InChI=1S/C11H17NO3/c1-3-14-8-15-11-6-10(13-2)5-4-9(11)7-12/h4-6H,3,7-8,12H2,1-2H3. The van der Waals surface area contributed by atoms with Crippen molar-refractivity contribution in [2.24, 2.45) is 5.73 Å². The maximum absolute atomic E-state index is 5.58. The van der Waals surface area contributed by atoms with Gasteiger partial charge in [0.2, 0.25) is 0 Å². The first-order chi connectivity index (χ1) is 7.31. The summed E-state index contributed by atoms with van der Waals surface area (Å²) in [5, 5.41) is 0. The lowest BCUT2D eigenvalue weighted by atomic mass is 10.2. The summed E-state index contributed by atoms with van der Waals surface area (Å²) >= 11 is 0. The second kappa shape index (κ2) is 6.27. The van der Waals surface area contributed by atoms with Gasteiger partial charge in [0.05, 0.1) is 7.11 Å². The van der Waals surface area contributed by atoms with Gasteiger partial charge in [0.1, 0.15) is 11.5 Å². The Labute approximate surface area is 89.9 Å². The van der Waals surface area contributed by atoms with Crippen LogP contribution in [-0.2, 0) is 11.3 Å². The number of hydrogen-bond donors (Lipinski definition) is 1. The first-order valence-corrected chi connectivity index (χ1v) is 4.89. The molecule has 0 saturated heterocycles. The molecule has 2 N–H and O–H groups in total. The fourth-order valence-corrected chi connectivity index (χ4v) is 1.15. The number of ether oxygens (including phenoxy) is 3. The molecule has 4 nitrogen and oxygen atoms in total. The molecule has 0 fully saturated rings. The number of methoxy groups -OCH3 is 1. The summed E-state index contributed by atoms with van der Waals surface area (Å²) in [5.74, 6) is 1.46. The molecule has 0 amide bonds. The molecule has 0 aliphatic carbocycles. The predicted molar refractivity (Wildman–Crippen MR) is 58.0 cm³/mol. The Kier molecular flexibility index (Phi) is 4.93. The lowest BCUT2D eigenvalue weighted by Gasteiger charge is -2.11. The number of rotatable bonds is 6. The summed E-state index contributed by atoms with van der Waals surface area (Å²) in [5.41, 5.74) is 6.53. The Morgan fingerprint density at radius 1 is 1.33 bits per heavy atom. The van der Waals surface area contributed by atoms with Crippen LogP contribution in [0.5, 0.6) is 11.5 Å². The monoisotopic (exact) mass is 211 g/mol. The zero-order valence-electron chi connectivity index (χ0n) is 9.16. The van der Waals surface area contributed by atoms with E-state index in [0.717, 1.165) is 11.3 Å². The van der Waals surface area contributed by atoms with Gasteiger partial charge in [-0.3, -0.25) is 0 Å². The third kappa shape index (κ3) is 3.42. The van der Waals surface area contributed by atoms with Crippen LogP contribution in [0.1, 0.15) is 12.5 Å². The molecule has 0 bridgehead atoms. The van der Waals surface area contributed by atoms with Crippen molar-refractivity contribution in [2.75, 3.05) is 20.5 Å². The van der Waals surface area contributed by atoms with E-state index >= 15 is 0 Å². The summed E-state index contributed by atoms with van der Waals surface area (Å²) in [7, 11) is 1.61. The van der Waals surface area contributed by atoms with Gasteiger partial charge in [-0.15, -0.1) is 0 Å². The van der Waals surface area contributed by atoms with Crippen molar-refractivity contribution in [3.05, 3.63) is 23.8 Å². The summed E-state index contributed by atoms with van der Waals surface area (Å²) in [6.07, 6.45) is 0. The van der Waals surface area contributed by atoms with Crippen LogP contribution in [-0.4, -0.2) is 20.5 Å². The molecule has 0 spiro atoms. The van der Waals surface area contributed by atoms with Crippen LogP contribution < -0.4 is 15.2 Å². The highest BCUT2D eigenvalue weighted by atomic mass is 16.7. The van der Waals surface area contributed by atoms with Gasteiger partial charge in [-0.1, -0.05) is 6.07 Å². The predicted octanol–water partition coefficient (Wildman–Crippen LogP) is 1.53. The van der Waals surface area contributed by atoms with E-state index in [1.54, 1.807) is 13.2 Å².